The highest BCUT2D eigenvalue weighted by atomic mass is 32.2. The monoisotopic (exact) mass is 378 g/mol. The van der Waals surface area contributed by atoms with Crippen molar-refractivity contribution < 1.29 is 17.9 Å². The van der Waals surface area contributed by atoms with Crippen molar-refractivity contribution >= 4 is 15.9 Å². The maximum Gasteiger partial charge on any atom is 0.251 e. The lowest BCUT2D eigenvalue weighted by Gasteiger charge is -2.12. The second-order valence-electron chi connectivity index (χ2n) is 6.27. The normalized spacial score (nSPS) is 17.4. The number of nitrogens with one attached hydrogen (secondary N) is 2. The van der Waals surface area contributed by atoms with Crippen LogP contribution in [0.1, 0.15) is 28.0 Å². The molecule has 1 aliphatic heterocycles. The van der Waals surface area contributed by atoms with Crippen molar-refractivity contribution in [2.45, 2.75) is 30.8 Å². The first-order chi connectivity index (χ1) is 12.4. The van der Waals surface area contributed by atoms with Gasteiger partial charge in [-0.25, -0.2) is 13.1 Å². The van der Waals surface area contributed by atoms with Gasteiger partial charge in [0, 0.05) is 37.0 Å². The summed E-state index contributed by atoms with van der Waals surface area (Å²) in [5.74, 6) is -0.305. The Morgan fingerprint density at radius 3 is 2.88 bits per heavy atom. The molecule has 1 fully saturated rings. The van der Waals surface area contributed by atoms with Crippen LogP contribution in [0.25, 0.3) is 0 Å². The fourth-order valence-electron chi connectivity index (χ4n) is 2.70. The van der Waals surface area contributed by atoms with E-state index in [4.69, 9.17) is 4.74 Å². The van der Waals surface area contributed by atoms with E-state index in [0.29, 0.717) is 18.8 Å². The molecule has 140 valence electrons. The first kappa shape index (κ1) is 18.6. The maximum atomic E-state index is 12.6. The van der Waals surface area contributed by atoms with Gasteiger partial charge in [0.05, 0.1) is 23.7 Å². The summed E-state index contributed by atoms with van der Waals surface area (Å²) in [6, 6.07) is 5.96. The molecule has 1 atom stereocenters. The molecule has 1 amide bonds. The maximum absolute atomic E-state index is 12.6. The van der Waals surface area contributed by atoms with Crippen LogP contribution in [0.3, 0.4) is 0 Å². The molecule has 1 aromatic heterocycles. The Balaban J connectivity index is 1.71. The number of amides is 1. The van der Waals surface area contributed by atoms with Gasteiger partial charge in [0.15, 0.2) is 0 Å². The molecule has 0 aliphatic carbocycles. The molecule has 3 rings (SSSR count). The van der Waals surface area contributed by atoms with Crippen LogP contribution >= 0.6 is 0 Å². The van der Waals surface area contributed by atoms with Gasteiger partial charge >= 0.3 is 0 Å². The summed E-state index contributed by atoms with van der Waals surface area (Å²) in [5.41, 5.74) is 1.99. The molecule has 1 saturated heterocycles. The zero-order valence-corrected chi connectivity index (χ0v) is 15.5. The van der Waals surface area contributed by atoms with Crippen LogP contribution in [-0.4, -0.2) is 43.4 Å². The number of aromatic nitrogens is 2. The third-order valence-electron chi connectivity index (χ3n) is 4.46. The minimum absolute atomic E-state index is 0.0329. The Kier molecular flexibility index (Phi) is 5.40. The summed E-state index contributed by atoms with van der Waals surface area (Å²) >= 11 is 0. The van der Waals surface area contributed by atoms with Crippen LogP contribution in [0, 0.1) is 6.92 Å². The third kappa shape index (κ3) is 4.12. The highest BCUT2D eigenvalue weighted by molar-refractivity contribution is 7.89. The van der Waals surface area contributed by atoms with Crippen molar-refractivity contribution in [3.05, 3.63) is 47.3 Å². The number of sulfonamides is 1. The lowest BCUT2D eigenvalue weighted by Crippen LogP contribution is -2.35. The van der Waals surface area contributed by atoms with Crippen molar-refractivity contribution in [2.75, 3.05) is 13.2 Å². The summed E-state index contributed by atoms with van der Waals surface area (Å²) in [6.07, 6.45) is 2.39. The van der Waals surface area contributed by atoms with Crippen LogP contribution in [0.2, 0.25) is 0 Å². The Morgan fingerprint density at radius 1 is 1.42 bits per heavy atom. The van der Waals surface area contributed by atoms with Gasteiger partial charge in [0.25, 0.3) is 5.91 Å². The number of rotatable bonds is 6. The molecule has 9 heteroatoms. The van der Waals surface area contributed by atoms with E-state index in [1.54, 1.807) is 30.1 Å². The predicted molar refractivity (Wildman–Crippen MR) is 95.1 cm³/mol. The molecule has 0 spiro atoms. The van der Waals surface area contributed by atoms with E-state index in [0.717, 1.165) is 17.7 Å². The van der Waals surface area contributed by atoms with E-state index in [9.17, 15) is 13.2 Å². The smallest absolute Gasteiger partial charge is 0.251 e. The van der Waals surface area contributed by atoms with E-state index in [-0.39, 0.29) is 23.4 Å². The SMILES string of the molecule is Cc1c(CNS(=O)(=O)c2cccc(C(=O)NC3CCOC3)c2)cnn1C. The molecule has 2 N–H and O–H groups in total. The fraction of sp³-hybridized carbons (Fsp3) is 0.412. The molecule has 2 aromatic rings. The van der Waals surface area contributed by atoms with Crippen molar-refractivity contribution in [3.63, 3.8) is 0 Å². The number of nitrogens with zero attached hydrogens (tertiary/aromatic N) is 2. The Hall–Kier alpha value is -2.23. The van der Waals surface area contributed by atoms with Crippen LogP contribution < -0.4 is 10.0 Å². The average Bonchev–Trinajstić information content (AvgIpc) is 3.24. The van der Waals surface area contributed by atoms with Gasteiger partial charge in [-0.1, -0.05) is 6.07 Å². The molecule has 0 bridgehead atoms. The largest absolute Gasteiger partial charge is 0.379 e. The number of aryl methyl sites for hydroxylation is 1. The van der Waals surface area contributed by atoms with E-state index >= 15 is 0 Å². The molecule has 26 heavy (non-hydrogen) atoms. The molecular weight excluding hydrogens is 356 g/mol. The average molecular weight is 378 g/mol. The second-order valence-corrected chi connectivity index (χ2v) is 8.03. The predicted octanol–water partition coefficient (Wildman–Crippen LogP) is 0.726. The number of benzene rings is 1. The van der Waals surface area contributed by atoms with Crippen LogP contribution in [-0.2, 0) is 28.4 Å². The standard InChI is InChI=1S/C17H22N4O4S/c1-12-14(9-18-21(12)2)10-19-26(23,24)16-5-3-4-13(8-16)17(22)20-15-6-7-25-11-15/h3-5,8-9,15,19H,6-7,10-11H2,1-2H3,(H,20,22). The number of hydrogen-bond donors (Lipinski definition) is 2. The van der Waals surface area contributed by atoms with Crippen LogP contribution in [0.4, 0.5) is 0 Å². The van der Waals surface area contributed by atoms with E-state index < -0.39 is 10.0 Å². The Bertz CT molecular complexity index is 901. The van der Waals surface area contributed by atoms with E-state index in [1.165, 1.54) is 12.1 Å². The van der Waals surface area contributed by atoms with Gasteiger partial charge in [0.2, 0.25) is 10.0 Å². The Morgan fingerprint density at radius 2 is 2.23 bits per heavy atom. The van der Waals surface area contributed by atoms with Gasteiger partial charge in [0.1, 0.15) is 0 Å². The molecule has 0 saturated carbocycles. The quantitative estimate of drug-likeness (QED) is 0.771. The van der Waals surface area contributed by atoms with Crippen molar-refractivity contribution in [1.29, 1.82) is 0 Å². The molecule has 1 aliphatic rings. The molecular formula is C17H22N4O4S. The summed E-state index contributed by atoms with van der Waals surface area (Å²) in [4.78, 5) is 12.4. The number of ether oxygens (including phenoxy) is 1. The van der Waals surface area contributed by atoms with Gasteiger partial charge < -0.3 is 10.1 Å². The molecule has 1 unspecified atom stereocenters. The molecule has 0 radical (unpaired) electrons. The van der Waals surface area contributed by atoms with Crippen molar-refractivity contribution in [1.82, 2.24) is 19.8 Å². The van der Waals surface area contributed by atoms with Crippen LogP contribution in [0.15, 0.2) is 35.4 Å². The van der Waals surface area contributed by atoms with E-state index in [1.807, 2.05) is 6.92 Å². The summed E-state index contributed by atoms with van der Waals surface area (Å²) in [5, 5.41) is 6.95. The highest BCUT2D eigenvalue weighted by Crippen LogP contribution is 2.14. The number of carbonyl (C=O) groups excluding carboxylic acids is 1. The first-order valence-electron chi connectivity index (χ1n) is 8.32. The van der Waals surface area contributed by atoms with E-state index in [2.05, 4.69) is 15.1 Å². The Labute approximate surface area is 152 Å². The lowest BCUT2D eigenvalue weighted by molar-refractivity contribution is 0.0929. The van der Waals surface area contributed by atoms with Gasteiger partial charge in [-0.15, -0.1) is 0 Å². The highest BCUT2D eigenvalue weighted by Gasteiger charge is 2.21. The lowest BCUT2D eigenvalue weighted by atomic mass is 10.2. The zero-order chi connectivity index (χ0) is 18.7. The van der Waals surface area contributed by atoms with Gasteiger partial charge in [-0.05, 0) is 31.5 Å². The van der Waals surface area contributed by atoms with Gasteiger partial charge in [-0.3, -0.25) is 9.48 Å². The third-order valence-corrected chi connectivity index (χ3v) is 5.86. The summed E-state index contributed by atoms with van der Waals surface area (Å²) in [6.45, 7) is 3.11. The van der Waals surface area contributed by atoms with Crippen LogP contribution in [0.5, 0.6) is 0 Å². The fourth-order valence-corrected chi connectivity index (χ4v) is 3.75. The minimum Gasteiger partial charge on any atom is -0.379 e. The van der Waals surface area contributed by atoms with Gasteiger partial charge in [-0.2, -0.15) is 5.10 Å². The molecule has 1 aromatic carbocycles. The summed E-state index contributed by atoms with van der Waals surface area (Å²) < 4.78 is 34.6. The first-order valence-corrected chi connectivity index (χ1v) is 9.81. The zero-order valence-electron chi connectivity index (χ0n) is 14.7. The summed E-state index contributed by atoms with van der Waals surface area (Å²) in [7, 11) is -1.94. The topological polar surface area (TPSA) is 102 Å². The number of carbonyl (C=O) groups is 1. The minimum atomic E-state index is -3.74. The number of hydrogen-bond acceptors (Lipinski definition) is 5. The molecule has 2 heterocycles. The second kappa shape index (κ2) is 7.56. The van der Waals surface area contributed by atoms with Crippen molar-refractivity contribution in [3.8, 4) is 0 Å². The van der Waals surface area contributed by atoms with Crippen molar-refractivity contribution in [2.24, 2.45) is 7.05 Å². The molecule has 8 nitrogen and oxygen atoms in total.